The molecule has 1 saturated carbocycles. The third-order valence-electron chi connectivity index (χ3n) is 3.20. The molecule has 1 aliphatic rings. The van der Waals surface area contributed by atoms with Gasteiger partial charge in [-0.15, -0.1) is 0 Å². The van der Waals surface area contributed by atoms with Crippen LogP contribution in [0.3, 0.4) is 0 Å². The summed E-state index contributed by atoms with van der Waals surface area (Å²) in [5.74, 6) is 0.404. The number of aryl methyl sites for hydroxylation is 1. The average molecular weight is 209 g/mol. The van der Waals surface area contributed by atoms with Gasteiger partial charge in [-0.05, 0) is 18.4 Å². The smallest absolute Gasteiger partial charge is 0.250 e. The Labute approximate surface area is 88.7 Å². The van der Waals surface area contributed by atoms with E-state index >= 15 is 0 Å². The number of pyridine rings is 1. The molecule has 0 aromatic carbocycles. The molecule has 0 bridgehead atoms. The van der Waals surface area contributed by atoms with Crippen LogP contribution in [0.2, 0.25) is 0 Å². The van der Waals surface area contributed by atoms with Crippen LogP contribution < -0.4 is 5.56 Å². The number of hydrogen-bond donors (Lipinski definition) is 0. The summed E-state index contributed by atoms with van der Waals surface area (Å²) in [6.45, 7) is 0.654. The van der Waals surface area contributed by atoms with E-state index in [0.717, 1.165) is 12.3 Å². The molecular weight excluding hydrogens is 193 g/mol. The summed E-state index contributed by atoms with van der Waals surface area (Å²) in [6.07, 6.45) is 7.46. The predicted octanol–water partition coefficient (Wildman–Crippen LogP) is 2.57. The lowest BCUT2D eigenvalue weighted by atomic mass is 10.0. The van der Waals surface area contributed by atoms with Gasteiger partial charge in [0, 0.05) is 18.8 Å². The second-order valence-electron chi connectivity index (χ2n) is 4.32. The highest BCUT2D eigenvalue weighted by molar-refractivity contribution is 4.96. The molecule has 2 rings (SSSR count). The summed E-state index contributed by atoms with van der Waals surface area (Å²) < 4.78 is 14.4. The highest BCUT2D eigenvalue weighted by atomic mass is 19.1. The van der Waals surface area contributed by atoms with Crippen molar-refractivity contribution in [3.05, 3.63) is 34.5 Å². The minimum Gasteiger partial charge on any atom is -0.313 e. The lowest BCUT2D eigenvalue weighted by molar-refractivity contribution is 0.447. The Bertz CT molecular complexity index is 379. The molecule has 0 atom stereocenters. The van der Waals surface area contributed by atoms with Gasteiger partial charge in [0.1, 0.15) is 5.82 Å². The summed E-state index contributed by atoms with van der Waals surface area (Å²) in [4.78, 5) is 11.4. The summed E-state index contributed by atoms with van der Waals surface area (Å²) in [6, 6.07) is 2.51. The maximum absolute atomic E-state index is 12.9. The second-order valence-corrected chi connectivity index (χ2v) is 4.32. The third kappa shape index (κ3) is 2.67. The van der Waals surface area contributed by atoms with Crippen LogP contribution in [-0.2, 0) is 6.54 Å². The number of aromatic nitrogens is 1. The zero-order chi connectivity index (χ0) is 10.7. The van der Waals surface area contributed by atoms with Crippen LogP contribution in [0.1, 0.15) is 32.1 Å². The number of nitrogens with zero attached hydrogens (tertiary/aromatic N) is 1. The van der Waals surface area contributed by atoms with E-state index in [1.54, 1.807) is 0 Å². The van der Waals surface area contributed by atoms with Crippen molar-refractivity contribution in [3.8, 4) is 0 Å². The van der Waals surface area contributed by atoms with Gasteiger partial charge >= 0.3 is 0 Å². The molecule has 0 saturated heterocycles. The van der Waals surface area contributed by atoms with Gasteiger partial charge in [0.05, 0.1) is 0 Å². The first kappa shape index (κ1) is 10.4. The number of hydrogen-bond acceptors (Lipinski definition) is 1. The van der Waals surface area contributed by atoms with Crippen LogP contribution in [-0.4, -0.2) is 4.57 Å². The van der Waals surface area contributed by atoms with E-state index in [-0.39, 0.29) is 11.4 Å². The van der Waals surface area contributed by atoms with Crippen LogP contribution in [0.25, 0.3) is 0 Å². The maximum Gasteiger partial charge on any atom is 0.250 e. The molecule has 0 spiro atoms. The van der Waals surface area contributed by atoms with Crippen LogP contribution >= 0.6 is 0 Å². The van der Waals surface area contributed by atoms with Crippen molar-refractivity contribution in [1.29, 1.82) is 0 Å². The first-order valence-electron chi connectivity index (χ1n) is 5.62. The fraction of sp³-hybridized carbons (Fsp3) is 0.583. The summed E-state index contributed by atoms with van der Waals surface area (Å²) in [5.41, 5.74) is -0.102. The van der Waals surface area contributed by atoms with Gasteiger partial charge in [0.2, 0.25) is 0 Å². The molecule has 1 aromatic rings. The van der Waals surface area contributed by atoms with Gasteiger partial charge in [-0.2, -0.15) is 0 Å². The van der Waals surface area contributed by atoms with E-state index in [1.807, 2.05) is 0 Å². The molecule has 0 unspecified atom stereocenters. The van der Waals surface area contributed by atoms with Crippen LogP contribution in [0.15, 0.2) is 23.1 Å². The molecule has 15 heavy (non-hydrogen) atoms. The second kappa shape index (κ2) is 4.60. The minimum absolute atomic E-state index is 0.102. The fourth-order valence-electron chi connectivity index (χ4n) is 2.30. The highest BCUT2D eigenvalue weighted by Gasteiger charge is 2.14. The normalized spacial score (nSPS) is 17.1. The lowest BCUT2D eigenvalue weighted by Gasteiger charge is -2.10. The Balaban J connectivity index is 1.97. The molecule has 0 radical (unpaired) electrons. The largest absolute Gasteiger partial charge is 0.313 e. The molecule has 0 aliphatic heterocycles. The Morgan fingerprint density at radius 3 is 2.80 bits per heavy atom. The topological polar surface area (TPSA) is 22.0 Å². The zero-order valence-electron chi connectivity index (χ0n) is 8.79. The first-order valence-corrected chi connectivity index (χ1v) is 5.62. The van der Waals surface area contributed by atoms with Crippen molar-refractivity contribution < 1.29 is 4.39 Å². The van der Waals surface area contributed by atoms with Gasteiger partial charge < -0.3 is 4.57 Å². The van der Waals surface area contributed by atoms with Gasteiger partial charge in [-0.25, -0.2) is 4.39 Å². The van der Waals surface area contributed by atoms with E-state index in [9.17, 15) is 9.18 Å². The summed E-state index contributed by atoms with van der Waals surface area (Å²) >= 11 is 0. The molecular formula is C12H16FNO. The fourth-order valence-corrected chi connectivity index (χ4v) is 2.30. The quantitative estimate of drug-likeness (QED) is 0.750. The van der Waals surface area contributed by atoms with Crippen molar-refractivity contribution in [2.24, 2.45) is 5.92 Å². The Hall–Kier alpha value is -1.12. The summed E-state index contributed by atoms with van der Waals surface area (Å²) in [7, 11) is 0. The average Bonchev–Trinajstić information content (AvgIpc) is 2.72. The van der Waals surface area contributed by atoms with Crippen LogP contribution in [0, 0.1) is 11.7 Å². The minimum atomic E-state index is -0.332. The molecule has 1 aliphatic carbocycles. The molecule has 3 heteroatoms. The van der Waals surface area contributed by atoms with E-state index in [2.05, 4.69) is 0 Å². The van der Waals surface area contributed by atoms with Gasteiger partial charge in [-0.1, -0.05) is 25.7 Å². The first-order chi connectivity index (χ1) is 7.25. The highest BCUT2D eigenvalue weighted by Crippen LogP contribution is 2.27. The molecule has 0 N–H and O–H groups in total. The third-order valence-corrected chi connectivity index (χ3v) is 3.20. The van der Waals surface area contributed by atoms with E-state index in [1.165, 1.54) is 48.6 Å². The predicted molar refractivity (Wildman–Crippen MR) is 57.2 cm³/mol. The lowest BCUT2D eigenvalue weighted by Crippen LogP contribution is -2.20. The number of halogens is 1. The van der Waals surface area contributed by atoms with Gasteiger partial charge in [0.15, 0.2) is 0 Å². The van der Waals surface area contributed by atoms with Crippen molar-refractivity contribution in [2.75, 3.05) is 0 Å². The monoisotopic (exact) mass is 209 g/mol. The molecule has 2 nitrogen and oxygen atoms in total. The molecule has 1 fully saturated rings. The van der Waals surface area contributed by atoms with Crippen molar-refractivity contribution >= 4 is 0 Å². The van der Waals surface area contributed by atoms with Crippen LogP contribution in [0.4, 0.5) is 4.39 Å². The van der Waals surface area contributed by atoms with Crippen molar-refractivity contribution in [1.82, 2.24) is 4.57 Å². The Kier molecular flexibility index (Phi) is 3.19. The van der Waals surface area contributed by atoms with E-state index in [0.29, 0.717) is 6.54 Å². The van der Waals surface area contributed by atoms with E-state index in [4.69, 9.17) is 0 Å². The van der Waals surface area contributed by atoms with Crippen molar-refractivity contribution in [3.63, 3.8) is 0 Å². The number of rotatable bonds is 3. The molecule has 1 aromatic heterocycles. The van der Waals surface area contributed by atoms with Crippen LogP contribution in [0.5, 0.6) is 0 Å². The Morgan fingerprint density at radius 1 is 1.33 bits per heavy atom. The van der Waals surface area contributed by atoms with E-state index < -0.39 is 0 Å². The summed E-state index contributed by atoms with van der Waals surface area (Å²) in [5, 5.41) is 0. The van der Waals surface area contributed by atoms with Gasteiger partial charge in [0.25, 0.3) is 5.56 Å². The molecule has 82 valence electrons. The molecule has 1 heterocycles. The SMILES string of the molecule is O=c1ccc(F)cn1CCC1CCCC1. The maximum atomic E-state index is 12.9. The standard InChI is InChI=1S/C12H16FNO/c13-11-5-6-12(15)14(9-11)8-7-10-3-1-2-4-10/h5-6,9-10H,1-4,7-8H2. The Morgan fingerprint density at radius 2 is 2.07 bits per heavy atom. The van der Waals surface area contributed by atoms with Crippen molar-refractivity contribution in [2.45, 2.75) is 38.6 Å². The molecule has 0 amide bonds. The zero-order valence-corrected chi connectivity index (χ0v) is 8.79. The van der Waals surface area contributed by atoms with Gasteiger partial charge in [-0.3, -0.25) is 4.79 Å².